The Hall–Kier alpha value is -3.61. The third kappa shape index (κ3) is 4.04. The van der Waals surface area contributed by atoms with Crippen LogP contribution in [0, 0.1) is 14.7 Å². The normalized spacial score (nSPS) is 9.86. The molecule has 0 bridgehead atoms. The highest BCUT2D eigenvalue weighted by molar-refractivity contribution is 6.70. The van der Waals surface area contributed by atoms with E-state index in [1.165, 1.54) is 0 Å². The summed E-state index contributed by atoms with van der Waals surface area (Å²) in [6.07, 6.45) is 0. The first-order valence-electron chi connectivity index (χ1n) is 8.33. The first-order valence-corrected chi connectivity index (χ1v) is 9.87. The second-order valence-electron chi connectivity index (χ2n) is 5.63. The second kappa shape index (κ2) is 9.36. The molecule has 0 atom stereocenters. The molecule has 0 saturated heterocycles. The van der Waals surface area contributed by atoms with E-state index in [1.54, 1.807) is 91.0 Å². The molecule has 3 aromatic rings. The van der Waals surface area contributed by atoms with Gasteiger partial charge in [0.2, 0.25) is 0 Å². The Morgan fingerprint density at radius 2 is 0.714 bits per heavy atom. The van der Waals surface area contributed by atoms with Gasteiger partial charge < -0.3 is 0 Å². The average molecular weight is 390 g/mol. The van der Waals surface area contributed by atoms with Crippen LogP contribution in [0.4, 0.5) is 17.1 Å². The van der Waals surface area contributed by atoms with Crippen LogP contribution in [0.25, 0.3) is 0 Å². The maximum absolute atomic E-state index is 11.8. The predicted molar refractivity (Wildman–Crippen MR) is 110 cm³/mol. The zero-order chi connectivity index (χ0) is 19.8. The lowest BCUT2D eigenvalue weighted by Crippen LogP contribution is -2.59. The molecule has 0 aliphatic carbocycles. The fourth-order valence-electron chi connectivity index (χ4n) is 2.72. The van der Waals surface area contributed by atoms with Crippen LogP contribution in [0.1, 0.15) is 0 Å². The summed E-state index contributed by atoms with van der Waals surface area (Å²) in [5.74, 6) is 0. The number of anilines is 3. The van der Waals surface area contributed by atoms with E-state index < -0.39 is 14.8 Å². The van der Waals surface area contributed by atoms with Gasteiger partial charge >= 0.3 is 14.8 Å². The van der Waals surface area contributed by atoms with Gasteiger partial charge in [-0.05, 0) is 36.4 Å². The Labute approximate surface area is 165 Å². The van der Waals surface area contributed by atoms with E-state index >= 15 is 0 Å². The molecule has 0 saturated carbocycles. The molecular weight excluding hydrogens is 375 g/mol. The van der Waals surface area contributed by atoms with Gasteiger partial charge in [0.1, 0.15) is 0 Å². The van der Waals surface area contributed by atoms with E-state index in [-0.39, 0.29) is 0 Å². The molecule has 3 aromatic carbocycles. The molecule has 0 heterocycles. The molecule has 0 spiro atoms. The Morgan fingerprint density at radius 1 is 0.464 bits per heavy atom. The minimum absolute atomic E-state index is 0.420. The molecule has 0 aliphatic heterocycles. The summed E-state index contributed by atoms with van der Waals surface area (Å²) in [5, 5.41) is 9.33. The SMILES string of the molecule is O=N[N](c1ccccc1)[Al]([N](N=O)c1ccccc1)[N](N=O)c1ccccc1. The molecule has 0 unspecified atom stereocenters. The van der Waals surface area contributed by atoms with Crippen LogP contribution < -0.4 is 12.0 Å². The number of rotatable bonds is 9. The summed E-state index contributed by atoms with van der Waals surface area (Å²) in [5.41, 5.74) is 1.26. The molecule has 0 amide bonds. The van der Waals surface area contributed by atoms with E-state index in [9.17, 15) is 14.7 Å². The summed E-state index contributed by atoms with van der Waals surface area (Å²) in [7, 11) is 0. The standard InChI is InChI=1S/3C6H6N2O.Al/c3*9-8-7-6-4-2-1-3-5-6;/h3*1-5H,(H,7,9);/q;;;+3/p-3. The molecule has 0 aliphatic rings. The van der Waals surface area contributed by atoms with Crippen LogP contribution in [0.2, 0.25) is 0 Å². The Balaban J connectivity index is 2.16. The summed E-state index contributed by atoms with van der Waals surface area (Å²) < 4.78 is 3.30. The van der Waals surface area contributed by atoms with Gasteiger partial charge in [-0.1, -0.05) is 54.6 Å². The van der Waals surface area contributed by atoms with Gasteiger partial charge in [0.05, 0.1) is 0 Å². The summed E-state index contributed by atoms with van der Waals surface area (Å²) >= 11 is -3.20. The third-order valence-corrected chi connectivity index (χ3v) is 6.47. The molecule has 28 heavy (non-hydrogen) atoms. The Bertz CT molecular complexity index is 794. The van der Waals surface area contributed by atoms with Crippen LogP contribution >= 0.6 is 0 Å². The van der Waals surface area contributed by atoms with Crippen LogP contribution in [-0.4, -0.2) is 14.8 Å². The first kappa shape index (κ1) is 19.2. The Kier molecular flexibility index (Phi) is 6.41. The molecular formula is C18H15AlN6O3. The summed E-state index contributed by atoms with van der Waals surface area (Å²) in [4.78, 5) is 35.5. The minimum Gasteiger partial charge on any atom is -0.275 e. The maximum atomic E-state index is 11.8. The lowest BCUT2D eigenvalue weighted by atomic mass is 10.3. The van der Waals surface area contributed by atoms with E-state index in [1.807, 2.05) is 0 Å². The minimum atomic E-state index is -3.20. The second-order valence-corrected chi connectivity index (χ2v) is 7.79. The largest absolute Gasteiger partial charge is 0.817 e. The van der Waals surface area contributed by atoms with Crippen molar-refractivity contribution in [2.24, 2.45) is 15.9 Å². The van der Waals surface area contributed by atoms with E-state index in [4.69, 9.17) is 0 Å². The lowest BCUT2D eigenvalue weighted by Gasteiger charge is -2.31. The number of nitrogens with zero attached hydrogens (tertiary/aromatic N) is 6. The fraction of sp³-hybridized carbons (Fsp3) is 0. The fourth-order valence-corrected chi connectivity index (χ4v) is 4.91. The van der Waals surface area contributed by atoms with Crippen molar-refractivity contribution in [2.75, 3.05) is 12.0 Å². The van der Waals surface area contributed by atoms with Crippen LogP contribution in [0.15, 0.2) is 107 Å². The molecule has 10 heteroatoms. The highest BCUT2D eigenvalue weighted by Crippen LogP contribution is 2.27. The molecule has 3 rings (SSSR count). The van der Waals surface area contributed by atoms with Crippen molar-refractivity contribution in [3.8, 4) is 0 Å². The zero-order valence-electron chi connectivity index (χ0n) is 14.6. The third-order valence-electron chi connectivity index (χ3n) is 3.98. The van der Waals surface area contributed by atoms with Gasteiger partial charge in [0.25, 0.3) is 0 Å². The average Bonchev–Trinajstić information content (AvgIpc) is 2.77. The highest BCUT2D eigenvalue weighted by atomic mass is 27.2. The van der Waals surface area contributed by atoms with Crippen molar-refractivity contribution in [3.05, 3.63) is 106 Å². The number of hydrogen-bond acceptors (Lipinski definition) is 6. The molecule has 138 valence electrons. The van der Waals surface area contributed by atoms with E-state index in [0.29, 0.717) is 17.1 Å². The van der Waals surface area contributed by atoms with Gasteiger partial charge in [-0.3, -0.25) is 12.0 Å². The molecule has 0 aromatic heterocycles. The first-order chi connectivity index (χ1) is 13.8. The number of para-hydroxylation sites is 3. The lowest BCUT2D eigenvalue weighted by molar-refractivity contribution is 0.976. The van der Waals surface area contributed by atoms with Crippen LogP contribution in [0.3, 0.4) is 0 Å². The van der Waals surface area contributed by atoms with Gasteiger partial charge in [-0.25, -0.2) is 0 Å². The summed E-state index contributed by atoms with van der Waals surface area (Å²) in [6.45, 7) is 0. The monoisotopic (exact) mass is 390 g/mol. The van der Waals surface area contributed by atoms with Crippen molar-refractivity contribution in [2.45, 2.75) is 0 Å². The summed E-state index contributed by atoms with van der Waals surface area (Å²) in [6, 6.07) is 25.6. The number of nitroso groups, excluding NO2 is 3. The molecule has 0 fully saturated rings. The number of hydrogen-bond donors (Lipinski definition) is 0. The predicted octanol–water partition coefficient (Wildman–Crippen LogP) is 4.54. The van der Waals surface area contributed by atoms with Crippen molar-refractivity contribution >= 4 is 31.9 Å². The quantitative estimate of drug-likeness (QED) is 0.302. The number of benzene rings is 3. The van der Waals surface area contributed by atoms with Gasteiger partial charge in [0.15, 0.2) is 0 Å². The van der Waals surface area contributed by atoms with E-state index in [2.05, 4.69) is 15.9 Å². The van der Waals surface area contributed by atoms with Crippen molar-refractivity contribution < 1.29 is 0 Å². The van der Waals surface area contributed by atoms with Crippen molar-refractivity contribution in [1.29, 1.82) is 0 Å². The molecule has 9 nitrogen and oxygen atoms in total. The van der Waals surface area contributed by atoms with Gasteiger partial charge in [0, 0.05) is 32.9 Å². The topological polar surface area (TPSA) is 98.0 Å². The van der Waals surface area contributed by atoms with Gasteiger partial charge in [-0.2, -0.15) is 0 Å². The van der Waals surface area contributed by atoms with Crippen molar-refractivity contribution in [1.82, 2.24) is 0 Å². The smallest absolute Gasteiger partial charge is 0.275 e. The van der Waals surface area contributed by atoms with Crippen LogP contribution in [0.5, 0.6) is 0 Å². The van der Waals surface area contributed by atoms with Gasteiger partial charge in [-0.15, -0.1) is 14.7 Å². The molecule has 0 N–H and O–H groups in total. The zero-order valence-corrected chi connectivity index (χ0v) is 15.8. The highest BCUT2D eigenvalue weighted by Gasteiger charge is 2.50. The van der Waals surface area contributed by atoms with Crippen LogP contribution in [-0.2, 0) is 0 Å². The van der Waals surface area contributed by atoms with Crippen molar-refractivity contribution in [3.63, 3.8) is 0 Å². The van der Waals surface area contributed by atoms with E-state index in [0.717, 1.165) is 12.0 Å². The maximum Gasteiger partial charge on any atom is 0.817 e. The molecule has 0 radical (unpaired) electrons. The Morgan fingerprint density at radius 3 is 0.929 bits per heavy atom.